The van der Waals surface area contributed by atoms with Crippen LogP contribution in [-0.2, 0) is 11.3 Å². The number of nitrogens with zero attached hydrogens (tertiary/aromatic N) is 2. The Bertz CT molecular complexity index is 748. The molecule has 2 aromatic rings. The molecule has 1 amide bonds. The molecule has 0 radical (unpaired) electrons. The van der Waals surface area contributed by atoms with Gasteiger partial charge < -0.3 is 15.0 Å². The van der Waals surface area contributed by atoms with E-state index in [0.29, 0.717) is 13.2 Å². The van der Waals surface area contributed by atoms with Crippen LogP contribution in [0, 0.1) is 11.3 Å². The molecule has 0 heterocycles. The van der Waals surface area contributed by atoms with Crippen LogP contribution >= 0.6 is 0 Å². The fourth-order valence-electron chi connectivity index (χ4n) is 2.78. The maximum Gasteiger partial charge on any atom is 0.234 e. The number of carbonyl (C=O) groups excluding carboxylic acids is 1. The highest BCUT2D eigenvalue weighted by molar-refractivity contribution is 5.88. The number of fused-ring (bicyclic) bond motifs is 1. The minimum Gasteiger partial charge on any atom is -0.492 e. The third-order valence-corrected chi connectivity index (χ3v) is 4.26. The number of nitriles is 1. The van der Waals surface area contributed by atoms with Crippen LogP contribution in [0.25, 0.3) is 10.8 Å². The van der Waals surface area contributed by atoms with Crippen molar-refractivity contribution in [3.8, 4) is 11.8 Å². The van der Waals surface area contributed by atoms with E-state index in [1.807, 2.05) is 42.5 Å². The van der Waals surface area contributed by atoms with Crippen LogP contribution < -0.4 is 10.1 Å². The molecular weight excluding hydrogens is 314 g/mol. The number of rotatable bonds is 9. The number of benzene rings is 2. The number of hydrogen-bond donors (Lipinski definition) is 1. The molecule has 5 heteroatoms. The summed E-state index contributed by atoms with van der Waals surface area (Å²) in [6, 6.07) is 13.9. The van der Waals surface area contributed by atoms with Gasteiger partial charge in [-0.05, 0) is 29.9 Å². The lowest BCUT2D eigenvalue weighted by Gasteiger charge is -2.19. The second-order valence-corrected chi connectivity index (χ2v) is 5.75. The van der Waals surface area contributed by atoms with Gasteiger partial charge in [-0.2, -0.15) is 5.26 Å². The zero-order valence-electron chi connectivity index (χ0n) is 14.9. The Hall–Kier alpha value is -2.58. The summed E-state index contributed by atoms with van der Waals surface area (Å²) in [4.78, 5) is 14.0. The van der Waals surface area contributed by atoms with E-state index in [0.717, 1.165) is 41.7 Å². The van der Waals surface area contributed by atoms with Crippen molar-refractivity contribution in [1.82, 2.24) is 10.2 Å². The molecule has 0 aliphatic rings. The molecule has 0 fully saturated rings. The first-order valence-corrected chi connectivity index (χ1v) is 8.69. The van der Waals surface area contributed by atoms with E-state index in [-0.39, 0.29) is 12.3 Å². The van der Waals surface area contributed by atoms with Crippen molar-refractivity contribution in [3.63, 3.8) is 0 Å². The Morgan fingerprint density at radius 2 is 1.96 bits per heavy atom. The van der Waals surface area contributed by atoms with Crippen LogP contribution in [0.4, 0.5) is 0 Å². The molecule has 0 saturated carbocycles. The van der Waals surface area contributed by atoms with Crippen molar-refractivity contribution in [3.05, 3.63) is 42.0 Å². The molecule has 2 aromatic carbocycles. The fourth-order valence-corrected chi connectivity index (χ4v) is 2.78. The molecule has 0 unspecified atom stereocenters. The molecule has 0 bridgehead atoms. The predicted octanol–water partition coefficient (Wildman–Crippen LogP) is 3.09. The standard InChI is InChI=1S/C20H25N3O2/c1-3-23(4-2)13-14-25-19-10-9-16-7-5-6-8-17(16)18(19)15-22-20(24)11-12-21/h5-10H,3-4,11,13-15H2,1-2H3,(H,22,24). The van der Waals surface area contributed by atoms with Gasteiger partial charge >= 0.3 is 0 Å². The van der Waals surface area contributed by atoms with Crippen LogP contribution in [0.1, 0.15) is 25.8 Å². The van der Waals surface area contributed by atoms with Gasteiger partial charge in [-0.15, -0.1) is 0 Å². The maximum atomic E-state index is 11.7. The van der Waals surface area contributed by atoms with Crippen molar-refractivity contribution < 1.29 is 9.53 Å². The van der Waals surface area contributed by atoms with Gasteiger partial charge in [0.15, 0.2) is 0 Å². The van der Waals surface area contributed by atoms with Crippen molar-refractivity contribution in [2.45, 2.75) is 26.8 Å². The van der Waals surface area contributed by atoms with E-state index >= 15 is 0 Å². The monoisotopic (exact) mass is 339 g/mol. The zero-order chi connectivity index (χ0) is 18.1. The normalized spacial score (nSPS) is 10.6. The predicted molar refractivity (Wildman–Crippen MR) is 99.3 cm³/mol. The summed E-state index contributed by atoms with van der Waals surface area (Å²) in [5.74, 6) is 0.507. The highest BCUT2D eigenvalue weighted by Gasteiger charge is 2.11. The molecule has 2 rings (SSSR count). The molecule has 5 nitrogen and oxygen atoms in total. The van der Waals surface area contributed by atoms with Crippen molar-refractivity contribution in [2.24, 2.45) is 0 Å². The summed E-state index contributed by atoms with van der Waals surface area (Å²) in [6.45, 7) is 8.07. The highest BCUT2D eigenvalue weighted by atomic mass is 16.5. The molecule has 0 aliphatic carbocycles. The molecule has 25 heavy (non-hydrogen) atoms. The average molecular weight is 339 g/mol. The Labute approximate surface area is 149 Å². The first-order valence-electron chi connectivity index (χ1n) is 8.69. The van der Waals surface area contributed by atoms with Gasteiger partial charge in [0.25, 0.3) is 0 Å². The Kier molecular flexibility index (Phi) is 7.24. The summed E-state index contributed by atoms with van der Waals surface area (Å²) in [6.07, 6.45) is -0.136. The lowest BCUT2D eigenvalue weighted by molar-refractivity contribution is -0.120. The molecule has 1 N–H and O–H groups in total. The molecule has 0 saturated heterocycles. The van der Waals surface area contributed by atoms with Crippen LogP contribution in [0.5, 0.6) is 5.75 Å². The van der Waals surface area contributed by atoms with E-state index in [9.17, 15) is 4.79 Å². The summed E-state index contributed by atoms with van der Waals surface area (Å²) < 4.78 is 6.01. The summed E-state index contributed by atoms with van der Waals surface area (Å²) in [7, 11) is 0. The SMILES string of the molecule is CCN(CC)CCOc1ccc2ccccc2c1CNC(=O)CC#N. The summed E-state index contributed by atoms with van der Waals surface area (Å²) >= 11 is 0. The van der Waals surface area contributed by atoms with Gasteiger partial charge in [-0.3, -0.25) is 4.79 Å². The maximum absolute atomic E-state index is 11.7. The molecular formula is C20H25N3O2. The van der Waals surface area contributed by atoms with Gasteiger partial charge in [-0.25, -0.2) is 0 Å². The second kappa shape index (κ2) is 9.65. The van der Waals surface area contributed by atoms with E-state index in [4.69, 9.17) is 10.00 Å². The number of nitrogens with one attached hydrogen (secondary N) is 1. The first-order chi connectivity index (χ1) is 12.2. The number of carbonyl (C=O) groups is 1. The number of ether oxygens (including phenoxy) is 1. The molecule has 132 valence electrons. The van der Waals surface area contributed by atoms with E-state index < -0.39 is 0 Å². The van der Waals surface area contributed by atoms with E-state index in [1.165, 1.54) is 0 Å². The fraction of sp³-hybridized carbons (Fsp3) is 0.400. The topological polar surface area (TPSA) is 65.4 Å². The molecule has 0 spiro atoms. The Balaban J connectivity index is 2.18. The van der Waals surface area contributed by atoms with Gasteiger partial charge in [0.2, 0.25) is 5.91 Å². The Morgan fingerprint density at radius 1 is 1.20 bits per heavy atom. The smallest absolute Gasteiger partial charge is 0.234 e. The molecule has 0 atom stereocenters. The second-order valence-electron chi connectivity index (χ2n) is 5.75. The van der Waals surface area contributed by atoms with Crippen molar-refractivity contribution in [1.29, 1.82) is 5.26 Å². The van der Waals surface area contributed by atoms with Gasteiger partial charge in [0.1, 0.15) is 18.8 Å². The minimum atomic E-state index is -0.274. The van der Waals surface area contributed by atoms with E-state index in [2.05, 4.69) is 24.1 Å². The third kappa shape index (κ3) is 5.20. The van der Waals surface area contributed by atoms with Gasteiger partial charge in [0.05, 0.1) is 6.07 Å². The van der Waals surface area contributed by atoms with E-state index in [1.54, 1.807) is 0 Å². The quantitative estimate of drug-likeness (QED) is 0.762. The summed E-state index contributed by atoms with van der Waals surface area (Å²) in [5, 5.41) is 13.6. The van der Waals surface area contributed by atoms with Crippen LogP contribution in [0.3, 0.4) is 0 Å². The summed E-state index contributed by atoms with van der Waals surface area (Å²) in [5.41, 5.74) is 0.948. The number of likely N-dealkylation sites (N-methyl/N-ethyl adjacent to an activating group) is 1. The van der Waals surface area contributed by atoms with Crippen LogP contribution in [0.2, 0.25) is 0 Å². The minimum absolute atomic E-state index is 0.136. The number of hydrogen-bond acceptors (Lipinski definition) is 4. The molecule has 0 aliphatic heterocycles. The zero-order valence-corrected chi connectivity index (χ0v) is 14.9. The van der Waals surface area contributed by atoms with Crippen molar-refractivity contribution in [2.75, 3.05) is 26.2 Å². The van der Waals surface area contributed by atoms with Crippen LogP contribution in [-0.4, -0.2) is 37.0 Å². The lowest BCUT2D eigenvalue weighted by atomic mass is 10.0. The highest BCUT2D eigenvalue weighted by Crippen LogP contribution is 2.28. The third-order valence-electron chi connectivity index (χ3n) is 4.26. The van der Waals surface area contributed by atoms with Gasteiger partial charge in [0, 0.05) is 18.7 Å². The van der Waals surface area contributed by atoms with Gasteiger partial charge in [-0.1, -0.05) is 44.2 Å². The lowest BCUT2D eigenvalue weighted by Crippen LogP contribution is -2.28. The largest absolute Gasteiger partial charge is 0.492 e. The van der Waals surface area contributed by atoms with Crippen LogP contribution in [0.15, 0.2) is 36.4 Å². The first kappa shape index (κ1) is 18.8. The Morgan fingerprint density at radius 3 is 2.68 bits per heavy atom. The van der Waals surface area contributed by atoms with Crippen molar-refractivity contribution >= 4 is 16.7 Å². The average Bonchev–Trinajstić information content (AvgIpc) is 2.64. The molecule has 0 aromatic heterocycles. The number of amides is 1.